The maximum Gasteiger partial charge on any atom is 0.326 e. The second-order valence-corrected chi connectivity index (χ2v) is 3.97. The van der Waals surface area contributed by atoms with Gasteiger partial charge in [0.25, 0.3) is 5.91 Å². The number of carboxylic acids is 1. The molecule has 0 saturated carbocycles. The summed E-state index contributed by atoms with van der Waals surface area (Å²) in [5.74, 6) is -0.958. The number of hydrogen-bond donors (Lipinski definition) is 3. The number of H-pyrrole nitrogens is 1. The van der Waals surface area contributed by atoms with Crippen LogP contribution in [0, 0.1) is 0 Å². The lowest BCUT2D eigenvalue weighted by atomic mass is 10.2. The molecule has 94 valence electrons. The largest absolute Gasteiger partial charge is 0.480 e. The zero-order chi connectivity index (χ0) is 13.0. The number of nitrogens with one attached hydrogen (secondary N) is 2. The van der Waals surface area contributed by atoms with E-state index >= 15 is 0 Å². The summed E-state index contributed by atoms with van der Waals surface area (Å²) in [7, 11) is 0. The van der Waals surface area contributed by atoms with Gasteiger partial charge in [-0.25, -0.2) is 9.78 Å². The Morgan fingerprint density at radius 2 is 2.12 bits per heavy atom. The van der Waals surface area contributed by atoms with Crippen molar-refractivity contribution < 1.29 is 14.7 Å². The van der Waals surface area contributed by atoms with Crippen LogP contribution in [0.15, 0.2) is 0 Å². The van der Waals surface area contributed by atoms with E-state index in [0.29, 0.717) is 12.2 Å². The number of amides is 1. The molecule has 0 unspecified atom stereocenters. The summed E-state index contributed by atoms with van der Waals surface area (Å²) in [6.45, 7) is 5.50. The van der Waals surface area contributed by atoms with Gasteiger partial charge in [0.1, 0.15) is 11.9 Å². The summed E-state index contributed by atoms with van der Waals surface area (Å²) in [6.07, 6.45) is 0.308. The maximum absolute atomic E-state index is 11.6. The molecule has 3 N–H and O–H groups in total. The van der Waals surface area contributed by atoms with E-state index in [1.165, 1.54) is 0 Å². The molecular weight excluding hydrogens is 224 g/mol. The van der Waals surface area contributed by atoms with Gasteiger partial charge in [-0.2, -0.15) is 0 Å². The molecule has 0 fully saturated rings. The van der Waals surface area contributed by atoms with Crippen LogP contribution in [-0.4, -0.2) is 38.2 Å². The molecule has 0 radical (unpaired) electrons. The molecule has 1 rings (SSSR count). The monoisotopic (exact) mass is 240 g/mol. The van der Waals surface area contributed by atoms with Crippen molar-refractivity contribution >= 4 is 11.9 Å². The predicted octanol–water partition coefficient (Wildman–Crippen LogP) is 0.521. The van der Waals surface area contributed by atoms with Gasteiger partial charge in [-0.1, -0.05) is 20.8 Å². The van der Waals surface area contributed by atoms with Crippen LogP contribution in [0.4, 0.5) is 0 Å². The third-order valence-electron chi connectivity index (χ3n) is 2.26. The van der Waals surface area contributed by atoms with E-state index in [1.807, 2.05) is 13.8 Å². The Bertz CT molecular complexity index is 413. The van der Waals surface area contributed by atoms with Crippen LogP contribution >= 0.6 is 0 Å². The van der Waals surface area contributed by atoms with Crippen LogP contribution in [-0.2, 0) is 4.79 Å². The van der Waals surface area contributed by atoms with Gasteiger partial charge in [0, 0.05) is 5.92 Å². The van der Waals surface area contributed by atoms with Crippen molar-refractivity contribution in [3.05, 3.63) is 11.6 Å². The van der Waals surface area contributed by atoms with Crippen LogP contribution < -0.4 is 5.32 Å². The number of carboxylic acid groups (broad SMARTS) is 1. The average molecular weight is 240 g/mol. The second kappa shape index (κ2) is 5.42. The van der Waals surface area contributed by atoms with E-state index in [2.05, 4.69) is 20.5 Å². The van der Waals surface area contributed by atoms with Gasteiger partial charge in [-0.15, -0.1) is 5.10 Å². The molecule has 7 nitrogen and oxygen atoms in total. The summed E-state index contributed by atoms with van der Waals surface area (Å²) < 4.78 is 0. The van der Waals surface area contributed by atoms with E-state index in [4.69, 9.17) is 5.11 Å². The number of carbonyl (C=O) groups excluding carboxylic acids is 1. The molecule has 1 aromatic heterocycles. The zero-order valence-electron chi connectivity index (χ0n) is 10.0. The zero-order valence-corrected chi connectivity index (χ0v) is 10.0. The van der Waals surface area contributed by atoms with Crippen molar-refractivity contribution in [2.75, 3.05) is 0 Å². The van der Waals surface area contributed by atoms with Crippen LogP contribution in [0.25, 0.3) is 0 Å². The topological polar surface area (TPSA) is 108 Å². The lowest BCUT2D eigenvalue weighted by molar-refractivity contribution is -0.139. The Balaban J connectivity index is 2.72. The van der Waals surface area contributed by atoms with E-state index in [9.17, 15) is 9.59 Å². The van der Waals surface area contributed by atoms with Crippen LogP contribution in [0.2, 0.25) is 0 Å². The van der Waals surface area contributed by atoms with Gasteiger partial charge in [-0.3, -0.25) is 9.89 Å². The van der Waals surface area contributed by atoms with Crippen LogP contribution in [0.5, 0.6) is 0 Å². The predicted molar refractivity (Wildman–Crippen MR) is 59.7 cm³/mol. The Labute approximate surface area is 98.6 Å². The van der Waals surface area contributed by atoms with Crippen LogP contribution in [0.3, 0.4) is 0 Å². The first-order chi connectivity index (χ1) is 7.95. The normalized spacial score (nSPS) is 12.5. The number of hydrogen-bond acceptors (Lipinski definition) is 4. The first-order valence-electron chi connectivity index (χ1n) is 5.41. The first-order valence-corrected chi connectivity index (χ1v) is 5.41. The minimum absolute atomic E-state index is 0.0339. The number of aromatic nitrogens is 3. The van der Waals surface area contributed by atoms with Gasteiger partial charge in [0.05, 0.1) is 0 Å². The fourth-order valence-corrected chi connectivity index (χ4v) is 1.20. The molecule has 1 amide bonds. The quantitative estimate of drug-likeness (QED) is 0.695. The van der Waals surface area contributed by atoms with E-state index in [0.717, 1.165) is 0 Å². The molecule has 0 saturated heterocycles. The summed E-state index contributed by atoms with van der Waals surface area (Å²) in [4.78, 5) is 26.4. The number of aromatic amines is 1. The van der Waals surface area contributed by atoms with Crippen molar-refractivity contribution in [1.82, 2.24) is 20.5 Å². The summed E-state index contributed by atoms with van der Waals surface area (Å²) in [5, 5.41) is 17.5. The molecule has 0 aliphatic carbocycles. The van der Waals surface area contributed by atoms with Gasteiger partial charge in [-0.05, 0) is 6.42 Å². The molecule has 1 aromatic rings. The number of nitrogens with zero attached hydrogens (tertiary/aromatic N) is 2. The van der Waals surface area contributed by atoms with Gasteiger partial charge < -0.3 is 10.4 Å². The van der Waals surface area contributed by atoms with Gasteiger partial charge >= 0.3 is 5.97 Å². The summed E-state index contributed by atoms with van der Waals surface area (Å²) >= 11 is 0. The molecule has 0 aliphatic heterocycles. The summed E-state index contributed by atoms with van der Waals surface area (Å²) in [5.41, 5.74) is 0. The lowest BCUT2D eigenvalue weighted by Crippen LogP contribution is -2.40. The highest BCUT2D eigenvalue weighted by atomic mass is 16.4. The molecule has 1 heterocycles. The minimum Gasteiger partial charge on any atom is -0.480 e. The highest BCUT2D eigenvalue weighted by Crippen LogP contribution is 2.07. The van der Waals surface area contributed by atoms with Crippen molar-refractivity contribution in [3.8, 4) is 0 Å². The smallest absolute Gasteiger partial charge is 0.326 e. The van der Waals surface area contributed by atoms with Gasteiger partial charge in [0.2, 0.25) is 5.82 Å². The molecule has 0 aliphatic rings. The second-order valence-electron chi connectivity index (χ2n) is 3.97. The highest BCUT2D eigenvalue weighted by molar-refractivity contribution is 5.93. The van der Waals surface area contributed by atoms with Crippen LogP contribution in [0.1, 0.15) is 49.6 Å². The number of carbonyl (C=O) groups is 2. The fraction of sp³-hybridized carbons (Fsp3) is 0.600. The highest BCUT2D eigenvalue weighted by Gasteiger charge is 2.21. The molecule has 7 heteroatoms. The Morgan fingerprint density at radius 1 is 1.47 bits per heavy atom. The number of rotatable bonds is 5. The number of aliphatic carboxylic acids is 1. The van der Waals surface area contributed by atoms with E-state index < -0.39 is 17.9 Å². The molecule has 0 aromatic carbocycles. The van der Waals surface area contributed by atoms with E-state index in [1.54, 1.807) is 6.92 Å². The molecule has 0 spiro atoms. The van der Waals surface area contributed by atoms with Crippen molar-refractivity contribution in [2.45, 2.75) is 39.2 Å². The van der Waals surface area contributed by atoms with Crippen molar-refractivity contribution in [1.29, 1.82) is 0 Å². The van der Waals surface area contributed by atoms with Crippen molar-refractivity contribution in [3.63, 3.8) is 0 Å². The first kappa shape index (κ1) is 13.1. The maximum atomic E-state index is 11.6. The molecule has 0 bridgehead atoms. The molecule has 17 heavy (non-hydrogen) atoms. The molecule has 1 atom stereocenters. The Morgan fingerprint density at radius 3 is 2.53 bits per heavy atom. The fourth-order valence-electron chi connectivity index (χ4n) is 1.20. The van der Waals surface area contributed by atoms with Crippen molar-refractivity contribution in [2.24, 2.45) is 0 Å². The Hall–Kier alpha value is -1.92. The third kappa shape index (κ3) is 3.27. The standard InChI is InChI=1S/C10H16N4O3/c1-4-6(10(16)17)11-9(15)8-12-7(5(2)3)13-14-8/h5-6H,4H2,1-3H3,(H,11,15)(H,16,17)(H,12,13,14)/t6-/m1/s1. The average Bonchev–Trinajstić information content (AvgIpc) is 2.74. The third-order valence-corrected chi connectivity index (χ3v) is 2.26. The summed E-state index contributed by atoms with van der Waals surface area (Å²) in [6, 6.07) is -0.913. The minimum atomic E-state index is -1.07. The lowest BCUT2D eigenvalue weighted by Gasteiger charge is -2.09. The van der Waals surface area contributed by atoms with E-state index in [-0.39, 0.29) is 11.7 Å². The molecular formula is C10H16N4O3. The van der Waals surface area contributed by atoms with Gasteiger partial charge in [0.15, 0.2) is 0 Å². The Kier molecular flexibility index (Phi) is 4.19. The SMILES string of the molecule is CC[C@@H](NC(=O)c1n[nH]c(C(C)C)n1)C(=O)O.